The highest BCUT2D eigenvalue weighted by molar-refractivity contribution is 4.71. The molecule has 1 rings (SSSR count). The van der Waals surface area contributed by atoms with Crippen LogP contribution in [0.5, 0.6) is 0 Å². The highest BCUT2D eigenvalue weighted by Gasteiger charge is 2.10. The van der Waals surface area contributed by atoms with Gasteiger partial charge in [0.1, 0.15) is 0 Å². The number of rotatable bonds is 3. The van der Waals surface area contributed by atoms with Crippen molar-refractivity contribution in [3.63, 3.8) is 0 Å². The zero-order valence-electron chi connectivity index (χ0n) is 5.52. The summed E-state index contributed by atoms with van der Waals surface area (Å²) >= 11 is 0. The first-order valence-corrected chi connectivity index (χ1v) is 3.48. The van der Waals surface area contributed by atoms with Gasteiger partial charge in [0.15, 0.2) is 0 Å². The molecule has 0 aromatic rings. The molecule has 53 valence electrons. The molecule has 3 heteroatoms. The summed E-state index contributed by atoms with van der Waals surface area (Å²) in [4.78, 5) is 0. The molecule has 2 N–H and O–H groups in total. The van der Waals surface area contributed by atoms with Crippen molar-refractivity contribution in [2.75, 3.05) is 19.7 Å². The summed E-state index contributed by atoms with van der Waals surface area (Å²) in [5, 5.41) is 16.5. The Morgan fingerprint density at radius 3 is 2.56 bits per heavy atom. The van der Waals surface area contributed by atoms with Gasteiger partial charge in [-0.2, -0.15) is 0 Å². The summed E-state index contributed by atoms with van der Waals surface area (Å²) in [6.07, 6.45) is 2.17. The van der Waals surface area contributed by atoms with Gasteiger partial charge in [-0.05, 0) is 12.8 Å². The Balaban J connectivity index is 1.98. The Morgan fingerprint density at radius 2 is 2.00 bits per heavy atom. The zero-order valence-corrected chi connectivity index (χ0v) is 5.52. The van der Waals surface area contributed by atoms with Crippen LogP contribution in [0.4, 0.5) is 0 Å². The predicted octanol–water partition coefficient (Wildman–Crippen LogP) is -0.284. The Hall–Kier alpha value is -0.120. The summed E-state index contributed by atoms with van der Waals surface area (Å²) in [5.74, 6) is 0. The first kappa shape index (κ1) is 6.99. The van der Waals surface area contributed by atoms with E-state index in [0.29, 0.717) is 6.17 Å². The molecule has 1 radical (unpaired) electrons. The maximum Gasteiger partial charge on any atom is 0.0823 e. The predicted molar refractivity (Wildman–Crippen MR) is 34.6 cm³/mol. The molecule has 0 saturated carbocycles. The zero-order chi connectivity index (χ0) is 6.53. The highest BCUT2D eigenvalue weighted by Crippen LogP contribution is 1.95. The first-order chi connectivity index (χ1) is 4.43. The van der Waals surface area contributed by atoms with Crippen molar-refractivity contribution in [2.45, 2.75) is 19.0 Å². The van der Waals surface area contributed by atoms with Crippen LogP contribution in [0.1, 0.15) is 12.8 Å². The van der Waals surface area contributed by atoms with Gasteiger partial charge in [0, 0.05) is 13.1 Å². The van der Waals surface area contributed by atoms with Crippen molar-refractivity contribution in [2.24, 2.45) is 0 Å². The third kappa shape index (κ3) is 2.30. The van der Waals surface area contributed by atoms with E-state index < -0.39 is 0 Å². The van der Waals surface area contributed by atoms with E-state index in [1.165, 1.54) is 0 Å². The van der Waals surface area contributed by atoms with Crippen LogP contribution in [0.15, 0.2) is 0 Å². The van der Waals surface area contributed by atoms with Crippen molar-refractivity contribution in [1.29, 1.82) is 0 Å². The van der Waals surface area contributed by atoms with Crippen molar-refractivity contribution in [1.82, 2.24) is 10.6 Å². The highest BCUT2D eigenvalue weighted by atomic mass is 16.2. The fourth-order valence-electron chi connectivity index (χ4n) is 1.06. The third-order valence-corrected chi connectivity index (χ3v) is 1.54. The topological polar surface area (TPSA) is 44.0 Å². The van der Waals surface area contributed by atoms with Crippen molar-refractivity contribution in [3.8, 4) is 0 Å². The van der Waals surface area contributed by atoms with Gasteiger partial charge in [-0.25, -0.2) is 5.11 Å². The minimum atomic E-state index is 0.0554. The SMILES string of the molecule is [O]CCCC1NCCN1. The summed E-state index contributed by atoms with van der Waals surface area (Å²) in [6.45, 7) is 2.15. The second-order valence-electron chi connectivity index (χ2n) is 2.31. The molecule has 1 heterocycles. The van der Waals surface area contributed by atoms with E-state index in [0.717, 1.165) is 25.9 Å². The van der Waals surface area contributed by atoms with Crippen LogP contribution in [0, 0.1) is 0 Å². The van der Waals surface area contributed by atoms with Gasteiger partial charge < -0.3 is 10.6 Å². The van der Waals surface area contributed by atoms with E-state index in [9.17, 15) is 5.11 Å². The summed E-state index contributed by atoms with van der Waals surface area (Å²) in [6, 6.07) is 0. The molecule has 1 aliphatic heterocycles. The molecule has 0 aromatic heterocycles. The minimum absolute atomic E-state index is 0.0554. The van der Waals surface area contributed by atoms with E-state index in [1.54, 1.807) is 0 Å². The molecule has 3 nitrogen and oxygen atoms in total. The maximum absolute atomic E-state index is 10.0. The van der Waals surface area contributed by atoms with E-state index in [2.05, 4.69) is 10.6 Å². The Morgan fingerprint density at radius 1 is 1.33 bits per heavy atom. The molecule has 1 fully saturated rings. The van der Waals surface area contributed by atoms with Crippen molar-refractivity contribution in [3.05, 3.63) is 0 Å². The number of hydrogen-bond donors (Lipinski definition) is 2. The number of nitrogens with one attached hydrogen (secondary N) is 2. The van der Waals surface area contributed by atoms with Crippen LogP contribution < -0.4 is 10.6 Å². The molecule has 0 unspecified atom stereocenters. The lowest BCUT2D eigenvalue weighted by molar-refractivity contribution is 0.182. The molecule has 1 saturated heterocycles. The van der Waals surface area contributed by atoms with E-state index >= 15 is 0 Å². The van der Waals surface area contributed by atoms with Gasteiger partial charge >= 0.3 is 0 Å². The van der Waals surface area contributed by atoms with Gasteiger partial charge in [0.2, 0.25) is 0 Å². The molecule has 0 aromatic carbocycles. The molecule has 0 aliphatic carbocycles. The second kappa shape index (κ2) is 3.82. The monoisotopic (exact) mass is 129 g/mol. The molecule has 1 aliphatic rings. The normalized spacial score (nSPS) is 21.0. The van der Waals surface area contributed by atoms with Crippen LogP contribution in [-0.2, 0) is 5.11 Å². The van der Waals surface area contributed by atoms with Crippen LogP contribution >= 0.6 is 0 Å². The Kier molecular flexibility index (Phi) is 2.97. The molecule has 0 amide bonds. The minimum Gasteiger partial charge on any atom is -0.301 e. The average Bonchev–Trinajstić information content (AvgIpc) is 2.34. The summed E-state index contributed by atoms with van der Waals surface area (Å²) in [7, 11) is 0. The van der Waals surface area contributed by atoms with Crippen LogP contribution in [0.2, 0.25) is 0 Å². The lowest BCUT2D eigenvalue weighted by Crippen LogP contribution is -2.30. The molecular weight excluding hydrogens is 116 g/mol. The van der Waals surface area contributed by atoms with Crippen LogP contribution in [0.25, 0.3) is 0 Å². The third-order valence-electron chi connectivity index (χ3n) is 1.54. The molecule has 0 bridgehead atoms. The van der Waals surface area contributed by atoms with Crippen molar-refractivity contribution >= 4 is 0 Å². The molecule has 9 heavy (non-hydrogen) atoms. The average molecular weight is 129 g/mol. The quantitative estimate of drug-likeness (QED) is 0.550. The van der Waals surface area contributed by atoms with Gasteiger partial charge in [-0.15, -0.1) is 0 Å². The fraction of sp³-hybridized carbons (Fsp3) is 1.00. The molecule has 0 spiro atoms. The van der Waals surface area contributed by atoms with Crippen molar-refractivity contribution < 1.29 is 5.11 Å². The molecular formula is C6H13N2O. The van der Waals surface area contributed by atoms with Gasteiger partial charge in [-0.1, -0.05) is 0 Å². The smallest absolute Gasteiger partial charge is 0.0823 e. The second-order valence-corrected chi connectivity index (χ2v) is 2.31. The molecule has 0 atom stereocenters. The lowest BCUT2D eigenvalue weighted by Gasteiger charge is -2.07. The number of hydrogen-bond acceptors (Lipinski definition) is 2. The Bertz CT molecular complexity index is 71.5. The lowest BCUT2D eigenvalue weighted by atomic mass is 10.3. The van der Waals surface area contributed by atoms with E-state index in [1.807, 2.05) is 0 Å². The van der Waals surface area contributed by atoms with E-state index in [4.69, 9.17) is 0 Å². The largest absolute Gasteiger partial charge is 0.301 e. The van der Waals surface area contributed by atoms with Gasteiger partial charge in [-0.3, -0.25) is 0 Å². The fourth-order valence-corrected chi connectivity index (χ4v) is 1.06. The Labute approximate surface area is 55.5 Å². The van der Waals surface area contributed by atoms with Crippen LogP contribution in [0.3, 0.4) is 0 Å². The van der Waals surface area contributed by atoms with Gasteiger partial charge in [0.05, 0.1) is 12.8 Å². The standard InChI is InChI=1S/C6H13N2O/c9-5-1-2-6-7-3-4-8-6/h6-8H,1-5H2. The summed E-state index contributed by atoms with van der Waals surface area (Å²) < 4.78 is 0. The van der Waals surface area contributed by atoms with Gasteiger partial charge in [0.25, 0.3) is 0 Å². The van der Waals surface area contributed by atoms with Crippen LogP contribution in [-0.4, -0.2) is 25.9 Å². The maximum atomic E-state index is 10.0. The summed E-state index contributed by atoms with van der Waals surface area (Å²) in [5.41, 5.74) is 0. The van der Waals surface area contributed by atoms with E-state index in [-0.39, 0.29) is 6.61 Å². The first-order valence-electron chi connectivity index (χ1n) is 3.48.